The maximum Gasteiger partial charge on any atom is 0.156 e. The lowest BCUT2D eigenvalue weighted by Gasteiger charge is -2.18. The van der Waals surface area contributed by atoms with Crippen LogP contribution in [0.2, 0.25) is 0 Å². The molecule has 1 saturated carbocycles. The molecule has 0 amide bonds. The topological polar surface area (TPSA) is 52.0 Å². The summed E-state index contributed by atoms with van der Waals surface area (Å²) in [7, 11) is -3.10. The van der Waals surface area contributed by atoms with Crippen LogP contribution >= 0.6 is 12.4 Å². The van der Waals surface area contributed by atoms with Crippen LogP contribution in [0.3, 0.4) is 0 Å². The molecule has 1 aromatic carbocycles. The van der Waals surface area contributed by atoms with E-state index in [0.29, 0.717) is 0 Å². The lowest BCUT2D eigenvalue weighted by molar-refractivity contribution is 0.391. The van der Waals surface area contributed by atoms with E-state index in [1.165, 1.54) is 12.8 Å². The fraction of sp³-hybridized carbons (Fsp3) is 0.650. The number of sulfone groups is 1. The zero-order valence-electron chi connectivity index (χ0n) is 16.4. The Morgan fingerprint density at radius 3 is 2.42 bits per heavy atom. The van der Waals surface area contributed by atoms with E-state index in [0.717, 1.165) is 41.3 Å². The fourth-order valence-corrected chi connectivity index (χ4v) is 4.06. The van der Waals surface area contributed by atoms with Gasteiger partial charge in [0, 0.05) is 13.0 Å². The van der Waals surface area contributed by atoms with E-state index in [2.05, 4.69) is 31.4 Å². The van der Waals surface area contributed by atoms with Crippen molar-refractivity contribution in [1.82, 2.24) is 9.55 Å². The van der Waals surface area contributed by atoms with Crippen molar-refractivity contribution in [3.05, 3.63) is 29.6 Å². The van der Waals surface area contributed by atoms with Gasteiger partial charge in [0.15, 0.2) is 9.84 Å². The highest BCUT2D eigenvalue weighted by atomic mass is 35.5. The van der Waals surface area contributed by atoms with Gasteiger partial charge in [-0.15, -0.1) is 12.4 Å². The van der Waals surface area contributed by atoms with E-state index in [1.54, 1.807) is 13.8 Å². The molecule has 0 atom stereocenters. The first-order chi connectivity index (χ1) is 11.5. The first-order valence-corrected chi connectivity index (χ1v) is 11.0. The van der Waals surface area contributed by atoms with Gasteiger partial charge in [0.05, 0.1) is 22.0 Å². The van der Waals surface area contributed by atoms with Gasteiger partial charge in [-0.3, -0.25) is 0 Å². The van der Waals surface area contributed by atoms with Gasteiger partial charge in [0.2, 0.25) is 0 Å². The summed E-state index contributed by atoms with van der Waals surface area (Å²) >= 11 is 0. The molecule has 3 rings (SSSR count). The summed E-state index contributed by atoms with van der Waals surface area (Å²) in [6.07, 6.45) is 3.53. The third-order valence-electron chi connectivity index (χ3n) is 4.80. The van der Waals surface area contributed by atoms with Gasteiger partial charge in [0.25, 0.3) is 0 Å². The van der Waals surface area contributed by atoms with E-state index in [4.69, 9.17) is 4.98 Å². The Morgan fingerprint density at radius 1 is 1.23 bits per heavy atom. The minimum atomic E-state index is -3.10. The Labute approximate surface area is 163 Å². The molecular formula is C20H31ClN2O2S. The number of nitrogens with zero attached hydrogens (tertiary/aromatic N) is 2. The van der Waals surface area contributed by atoms with Crippen LogP contribution in [-0.4, -0.2) is 23.2 Å². The molecule has 6 heteroatoms. The van der Waals surface area contributed by atoms with Crippen molar-refractivity contribution in [3.63, 3.8) is 0 Å². The first kappa shape index (κ1) is 21.2. The molecule has 0 aliphatic heterocycles. The minimum absolute atomic E-state index is 0. The SMILES string of the molecule is CC(C)S(=O)(=O)Cc1ccc2c(c1)nc(CC(C)(C)C)n2CC1CC1.Cl. The highest BCUT2D eigenvalue weighted by Crippen LogP contribution is 2.34. The molecule has 2 aromatic rings. The second-order valence-corrected chi connectivity index (χ2v) is 11.6. The summed E-state index contributed by atoms with van der Waals surface area (Å²) < 4.78 is 26.8. The van der Waals surface area contributed by atoms with Crippen LogP contribution in [0.4, 0.5) is 0 Å². The minimum Gasteiger partial charge on any atom is -0.328 e. The molecule has 1 aromatic heterocycles. The predicted octanol–water partition coefficient (Wildman–Crippen LogP) is 4.78. The number of benzene rings is 1. The molecule has 1 aliphatic carbocycles. The number of hydrogen-bond donors (Lipinski definition) is 0. The second kappa shape index (κ2) is 7.51. The monoisotopic (exact) mass is 398 g/mol. The summed E-state index contributed by atoms with van der Waals surface area (Å²) in [5, 5.41) is -0.355. The third-order valence-corrected chi connectivity index (χ3v) is 6.98. The molecule has 26 heavy (non-hydrogen) atoms. The van der Waals surface area contributed by atoms with Crippen molar-refractivity contribution < 1.29 is 8.42 Å². The smallest absolute Gasteiger partial charge is 0.156 e. The summed E-state index contributed by atoms with van der Waals surface area (Å²) in [5.41, 5.74) is 3.07. The number of imidazole rings is 1. The molecule has 146 valence electrons. The molecule has 0 bridgehead atoms. The Kier molecular flexibility index (Phi) is 6.13. The summed E-state index contributed by atoms with van der Waals surface area (Å²) in [6, 6.07) is 5.97. The molecule has 0 spiro atoms. The molecule has 0 saturated heterocycles. The van der Waals surface area contributed by atoms with E-state index in [1.807, 2.05) is 12.1 Å². The molecule has 0 unspecified atom stereocenters. The average Bonchev–Trinajstić information content (AvgIpc) is 3.21. The molecule has 0 N–H and O–H groups in total. The van der Waals surface area contributed by atoms with Gasteiger partial charge in [-0.2, -0.15) is 0 Å². The number of fused-ring (bicyclic) bond motifs is 1. The van der Waals surface area contributed by atoms with E-state index in [9.17, 15) is 8.42 Å². The largest absolute Gasteiger partial charge is 0.328 e. The van der Waals surface area contributed by atoms with Gasteiger partial charge in [-0.25, -0.2) is 13.4 Å². The van der Waals surface area contributed by atoms with Crippen LogP contribution in [0.5, 0.6) is 0 Å². The molecule has 1 heterocycles. The third kappa shape index (κ3) is 5.01. The first-order valence-electron chi connectivity index (χ1n) is 9.25. The second-order valence-electron chi connectivity index (χ2n) is 9.00. The lowest BCUT2D eigenvalue weighted by atomic mass is 9.92. The number of halogens is 1. The van der Waals surface area contributed by atoms with Gasteiger partial charge >= 0.3 is 0 Å². The van der Waals surface area contributed by atoms with Gasteiger partial charge in [-0.1, -0.05) is 26.8 Å². The summed E-state index contributed by atoms with van der Waals surface area (Å²) in [5.74, 6) is 1.99. The standard InChI is InChI=1S/C20H30N2O2S.ClH/c1-14(2)25(23,24)13-16-8-9-18-17(10-16)21-19(11-20(3,4)5)22(18)12-15-6-7-15;/h8-10,14-15H,6-7,11-13H2,1-5H3;1H. The summed E-state index contributed by atoms with van der Waals surface area (Å²) in [4.78, 5) is 4.88. The quantitative estimate of drug-likeness (QED) is 0.703. The average molecular weight is 399 g/mol. The van der Waals surface area contributed by atoms with Crippen molar-refractivity contribution in [2.75, 3.05) is 0 Å². The van der Waals surface area contributed by atoms with Crippen LogP contribution in [0.25, 0.3) is 11.0 Å². The Bertz CT molecular complexity index is 875. The van der Waals surface area contributed by atoms with Gasteiger partial charge in [-0.05, 0) is 55.7 Å². The molecule has 4 nitrogen and oxygen atoms in total. The zero-order chi connectivity index (χ0) is 18.4. The van der Waals surface area contributed by atoms with Crippen molar-refractivity contribution in [1.29, 1.82) is 0 Å². The van der Waals surface area contributed by atoms with E-state index >= 15 is 0 Å². The molecule has 1 aliphatic rings. The normalized spacial score (nSPS) is 15.5. The Morgan fingerprint density at radius 2 is 1.88 bits per heavy atom. The van der Waals surface area contributed by atoms with Crippen LogP contribution in [0.15, 0.2) is 18.2 Å². The Hall–Kier alpha value is -1.07. The van der Waals surface area contributed by atoms with Crippen molar-refractivity contribution in [2.45, 2.75) is 71.4 Å². The molecular weight excluding hydrogens is 368 g/mol. The predicted molar refractivity (Wildman–Crippen MR) is 111 cm³/mol. The van der Waals surface area contributed by atoms with E-state index in [-0.39, 0.29) is 28.8 Å². The van der Waals surface area contributed by atoms with Crippen molar-refractivity contribution >= 4 is 33.3 Å². The molecule has 0 radical (unpaired) electrons. The van der Waals surface area contributed by atoms with Crippen molar-refractivity contribution in [3.8, 4) is 0 Å². The van der Waals surface area contributed by atoms with Crippen LogP contribution in [0, 0.1) is 11.3 Å². The van der Waals surface area contributed by atoms with Crippen LogP contribution in [0.1, 0.15) is 58.8 Å². The maximum absolute atomic E-state index is 12.2. The van der Waals surface area contributed by atoms with Crippen LogP contribution in [-0.2, 0) is 28.6 Å². The van der Waals surface area contributed by atoms with Gasteiger partial charge in [0.1, 0.15) is 5.82 Å². The summed E-state index contributed by atoms with van der Waals surface area (Å²) in [6.45, 7) is 11.2. The number of hydrogen-bond acceptors (Lipinski definition) is 3. The number of rotatable bonds is 6. The van der Waals surface area contributed by atoms with Crippen LogP contribution < -0.4 is 0 Å². The highest BCUT2D eigenvalue weighted by Gasteiger charge is 2.26. The Balaban J connectivity index is 0.00000243. The fourth-order valence-electron chi connectivity index (χ4n) is 3.09. The molecule has 1 fully saturated rings. The lowest BCUT2D eigenvalue weighted by Crippen LogP contribution is -2.16. The van der Waals surface area contributed by atoms with E-state index < -0.39 is 9.84 Å². The maximum atomic E-state index is 12.2. The van der Waals surface area contributed by atoms with Gasteiger partial charge < -0.3 is 4.57 Å². The van der Waals surface area contributed by atoms with Crippen molar-refractivity contribution in [2.24, 2.45) is 11.3 Å². The number of aromatic nitrogens is 2. The highest BCUT2D eigenvalue weighted by molar-refractivity contribution is 7.91. The zero-order valence-corrected chi connectivity index (χ0v) is 18.1.